The summed E-state index contributed by atoms with van der Waals surface area (Å²) in [6.45, 7) is 6.66. The minimum atomic E-state index is -0.216. The normalized spacial score (nSPS) is 12.1. The Balaban J connectivity index is 1.68. The van der Waals surface area contributed by atoms with Crippen molar-refractivity contribution >= 4 is 29.0 Å². The molecule has 0 aliphatic heterocycles. The molecule has 4 nitrogen and oxygen atoms in total. The number of thiophene rings is 1. The van der Waals surface area contributed by atoms with Gasteiger partial charge in [0.1, 0.15) is 0 Å². The van der Waals surface area contributed by atoms with E-state index in [-0.39, 0.29) is 11.2 Å². The zero-order valence-electron chi connectivity index (χ0n) is 14.5. The number of hydrogen-bond donors (Lipinski definition) is 1. The fourth-order valence-electron chi connectivity index (χ4n) is 2.61. The van der Waals surface area contributed by atoms with E-state index in [4.69, 9.17) is 0 Å². The van der Waals surface area contributed by atoms with E-state index in [0.717, 1.165) is 15.7 Å². The minimum Gasteiger partial charge on any atom is -0.350 e. The number of hydrogen-bond acceptors (Lipinski definition) is 4. The molecule has 0 aliphatic carbocycles. The van der Waals surface area contributed by atoms with Crippen molar-refractivity contribution in [1.29, 1.82) is 0 Å². The predicted octanol–water partition coefficient (Wildman–Crippen LogP) is 4.35. The molecular weight excluding hydrogens is 350 g/mol. The van der Waals surface area contributed by atoms with Gasteiger partial charge < -0.3 is 5.32 Å². The first-order valence-corrected chi connectivity index (χ1v) is 9.87. The minimum absolute atomic E-state index is 0.0216. The molecule has 0 saturated heterocycles. The number of carbonyl (C=O) groups is 1. The van der Waals surface area contributed by atoms with E-state index in [1.807, 2.05) is 35.2 Å². The second-order valence-corrected chi connectivity index (χ2v) is 8.32. The van der Waals surface area contributed by atoms with Gasteiger partial charge in [0.25, 0.3) is 0 Å². The topological polar surface area (TPSA) is 46.9 Å². The number of benzene rings is 1. The first-order valence-electron chi connectivity index (χ1n) is 8.11. The Kier molecular flexibility index (Phi) is 5.60. The van der Waals surface area contributed by atoms with Crippen molar-refractivity contribution in [3.8, 4) is 5.69 Å². The highest BCUT2D eigenvalue weighted by Crippen LogP contribution is 2.25. The zero-order chi connectivity index (χ0) is 17.8. The Labute approximate surface area is 156 Å². The van der Waals surface area contributed by atoms with Crippen LogP contribution < -0.4 is 5.32 Å². The smallest absolute Gasteiger partial charge is 0.233 e. The molecule has 6 heteroatoms. The van der Waals surface area contributed by atoms with Crippen LogP contribution in [-0.4, -0.2) is 20.7 Å². The number of thioether (sulfide) groups is 1. The van der Waals surface area contributed by atoms with Gasteiger partial charge in [-0.3, -0.25) is 9.36 Å². The Morgan fingerprint density at radius 3 is 2.76 bits per heavy atom. The van der Waals surface area contributed by atoms with Gasteiger partial charge in [0.15, 0.2) is 5.16 Å². The summed E-state index contributed by atoms with van der Waals surface area (Å²) in [4.78, 5) is 17.9. The number of aromatic nitrogens is 2. The molecule has 3 aromatic rings. The summed E-state index contributed by atoms with van der Waals surface area (Å²) in [6, 6.07) is 10.4. The summed E-state index contributed by atoms with van der Waals surface area (Å²) in [5.41, 5.74) is 3.49. The van der Waals surface area contributed by atoms with E-state index in [1.54, 1.807) is 17.5 Å². The van der Waals surface area contributed by atoms with Crippen LogP contribution in [0.4, 0.5) is 0 Å². The third kappa shape index (κ3) is 4.52. The molecule has 130 valence electrons. The van der Waals surface area contributed by atoms with Gasteiger partial charge in [-0.05, 0) is 55.5 Å². The molecular formula is C19H21N3OS2. The molecule has 3 rings (SSSR count). The van der Waals surface area contributed by atoms with Crippen LogP contribution in [0.1, 0.15) is 22.9 Å². The Morgan fingerprint density at radius 1 is 1.32 bits per heavy atom. The second-order valence-electron chi connectivity index (χ2n) is 5.98. The third-order valence-electron chi connectivity index (χ3n) is 3.76. The SMILES string of the molecule is Cc1cc(C)cc(-n2ccnc2S[C@@H](C)C(=O)NCc2cccs2)c1. The van der Waals surface area contributed by atoms with Crippen molar-refractivity contribution < 1.29 is 4.79 Å². The highest BCUT2D eigenvalue weighted by molar-refractivity contribution is 8.00. The average molecular weight is 372 g/mol. The molecule has 0 saturated carbocycles. The van der Waals surface area contributed by atoms with Crippen molar-refractivity contribution in [1.82, 2.24) is 14.9 Å². The zero-order valence-corrected chi connectivity index (χ0v) is 16.2. The molecule has 2 heterocycles. The molecule has 0 spiro atoms. The molecule has 0 radical (unpaired) electrons. The first-order chi connectivity index (χ1) is 12.0. The van der Waals surface area contributed by atoms with Gasteiger partial charge >= 0.3 is 0 Å². The van der Waals surface area contributed by atoms with Gasteiger partial charge in [0.05, 0.1) is 11.8 Å². The van der Waals surface area contributed by atoms with Crippen LogP contribution in [0.2, 0.25) is 0 Å². The number of amides is 1. The molecule has 2 aromatic heterocycles. The summed E-state index contributed by atoms with van der Waals surface area (Å²) in [6.07, 6.45) is 3.71. The molecule has 25 heavy (non-hydrogen) atoms. The molecule has 1 aromatic carbocycles. The lowest BCUT2D eigenvalue weighted by Crippen LogP contribution is -2.30. The van der Waals surface area contributed by atoms with Crippen molar-refractivity contribution in [3.05, 3.63) is 64.1 Å². The maximum Gasteiger partial charge on any atom is 0.233 e. The molecule has 1 atom stereocenters. The first kappa shape index (κ1) is 17.8. The number of carbonyl (C=O) groups excluding carboxylic acids is 1. The summed E-state index contributed by atoms with van der Waals surface area (Å²) in [5, 5.41) is 5.61. The van der Waals surface area contributed by atoms with Crippen molar-refractivity contribution in [2.75, 3.05) is 0 Å². The van der Waals surface area contributed by atoms with Crippen LogP contribution in [0.25, 0.3) is 5.69 Å². The number of nitrogens with zero attached hydrogens (tertiary/aromatic N) is 2. The van der Waals surface area contributed by atoms with E-state index in [0.29, 0.717) is 6.54 Å². The average Bonchev–Trinajstić information content (AvgIpc) is 3.23. The van der Waals surface area contributed by atoms with E-state index < -0.39 is 0 Å². The Morgan fingerprint density at radius 2 is 2.08 bits per heavy atom. The van der Waals surface area contributed by atoms with Gasteiger partial charge in [-0.1, -0.05) is 23.9 Å². The standard InChI is InChI=1S/C19H21N3OS2/c1-13-9-14(2)11-16(10-13)22-7-6-20-19(22)25-15(3)18(23)21-12-17-5-4-8-24-17/h4-11,15H,12H2,1-3H3,(H,21,23)/t15-/m0/s1. The second kappa shape index (κ2) is 7.89. The summed E-state index contributed by atoms with van der Waals surface area (Å²) in [5.74, 6) is 0.0216. The largest absolute Gasteiger partial charge is 0.350 e. The molecule has 0 fully saturated rings. The lowest BCUT2D eigenvalue weighted by atomic mass is 10.1. The van der Waals surface area contributed by atoms with E-state index in [9.17, 15) is 4.79 Å². The summed E-state index contributed by atoms with van der Waals surface area (Å²) < 4.78 is 2.04. The van der Waals surface area contributed by atoms with E-state index in [2.05, 4.69) is 42.3 Å². The summed E-state index contributed by atoms with van der Waals surface area (Å²) in [7, 11) is 0. The predicted molar refractivity (Wildman–Crippen MR) is 105 cm³/mol. The van der Waals surface area contributed by atoms with Crippen LogP contribution in [0.3, 0.4) is 0 Å². The molecule has 0 unspecified atom stereocenters. The quantitative estimate of drug-likeness (QED) is 0.656. The van der Waals surface area contributed by atoms with Gasteiger partial charge in [-0.25, -0.2) is 4.98 Å². The van der Waals surface area contributed by atoms with Gasteiger partial charge in [0, 0.05) is 23.0 Å². The number of nitrogens with one attached hydrogen (secondary N) is 1. The van der Waals surface area contributed by atoms with Crippen LogP contribution in [0.15, 0.2) is 53.3 Å². The maximum atomic E-state index is 12.4. The number of imidazole rings is 1. The highest BCUT2D eigenvalue weighted by Gasteiger charge is 2.17. The highest BCUT2D eigenvalue weighted by atomic mass is 32.2. The van der Waals surface area contributed by atoms with Gasteiger partial charge in [-0.2, -0.15) is 0 Å². The van der Waals surface area contributed by atoms with Crippen molar-refractivity contribution in [2.45, 2.75) is 37.7 Å². The van der Waals surface area contributed by atoms with Crippen LogP contribution >= 0.6 is 23.1 Å². The van der Waals surface area contributed by atoms with Gasteiger partial charge in [0.2, 0.25) is 5.91 Å². The van der Waals surface area contributed by atoms with Crippen LogP contribution in [-0.2, 0) is 11.3 Å². The molecule has 1 N–H and O–H groups in total. The third-order valence-corrected chi connectivity index (χ3v) is 5.72. The van der Waals surface area contributed by atoms with E-state index >= 15 is 0 Å². The molecule has 0 aliphatic rings. The summed E-state index contributed by atoms with van der Waals surface area (Å²) >= 11 is 3.12. The number of aryl methyl sites for hydroxylation is 2. The number of rotatable bonds is 6. The molecule has 1 amide bonds. The molecule has 0 bridgehead atoms. The van der Waals surface area contributed by atoms with Gasteiger partial charge in [-0.15, -0.1) is 11.3 Å². The monoisotopic (exact) mass is 371 g/mol. The lowest BCUT2D eigenvalue weighted by molar-refractivity contribution is -0.120. The fourth-order valence-corrected chi connectivity index (χ4v) is 4.16. The fraction of sp³-hybridized carbons (Fsp3) is 0.263. The van der Waals surface area contributed by atoms with Crippen molar-refractivity contribution in [3.63, 3.8) is 0 Å². The Hall–Kier alpha value is -2.05. The Bertz CT molecular complexity index is 835. The lowest BCUT2D eigenvalue weighted by Gasteiger charge is -2.13. The van der Waals surface area contributed by atoms with Crippen molar-refractivity contribution in [2.24, 2.45) is 0 Å². The maximum absolute atomic E-state index is 12.4. The van der Waals surface area contributed by atoms with Crippen LogP contribution in [0.5, 0.6) is 0 Å². The van der Waals surface area contributed by atoms with E-state index in [1.165, 1.54) is 22.9 Å². The van der Waals surface area contributed by atoms with Crippen LogP contribution in [0, 0.1) is 13.8 Å².